The van der Waals surface area contributed by atoms with Gasteiger partial charge in [0.25, 0.3) is 0 Å². The zero-order valence-corrected chi connectivity index (χ0v) is 15.4. The zero-order valence-electron chi connectivity index (χ0n) is 13.8. The van der Waals surface area contributed by atoms with Gasteiger partial charge in [0, 0.05) is 10.2 Å². The van der Waals surface area contributed by atoms with Crippen LogP contribution in [0.2, 0.25) is 0 Å². The van der Waals surface area contributed by atoms with Crippen LogP contribution in [-0.2, 0) is 0 Å². The van der Waals surface area contributed by atoms with Gasteiger partial charge in [-0.1, -0.05) is 33.6 Å². The van der Waals surface area contributed by atoms with Crippen molar-refractivity contribution < 1.29 is 4.39 Å². The molecule has 1 aromatic heterocycles. The minimum absolute atomic E-state index is 0.283. The summed E-state index contributed by atoms with van der Waals surface area (Å²) in [6.07, 6.45) is 1.38. The second kappa shape index (κ2) is 7.06. The third kappa shape index (κ3) is 3.88. The van der Waals surface area contributed by atoms with Crippen molar-refractivity contribution in [2.24, 2.45) is 0 Å². The minimum atomic E-state index is -0.406. The van der Waals surface area contributed by atoms with Crippen LogP contribution in [0.4, 0.5) is 33.1 Å². The molecule has 0 atom stereocenters. The lowest BCUT2D eigenvalue weighted by atomic mass is 10.1. The first kappa shape index (κ1) is 17.2. The van der Waals surface area contributed by atoms with Gasteiger partial charge < -0.3 is 16.4 Å². The molecular weight excluding hydrogens is 385 g/mol. The van der Waals surface area contributed by atoms with E-state index in [1.807, 2.05) is 26.0 Å². The number of hydrogen-bond donors (Lipinski definition) is 3. The van der Waals surface area contributed by atoms with E-state index in [1.54, 1.807) is 12.1 Å². The highest BCUT2D eigenvalue weighted by atomic mass is 79.9. The Balaban J connectivity index is 1.89. The summed E-state index contributed by atoms with van der Waals surface area (Å²) in [4.78, 5) is 8.30. The van der Waals surface area contributed by atoms with Crippen molar-refractivity contribution in [2.45, 2.75) is 13.8 Å². The van der Waals surface area contributed by atoms with E-state index < -0.39 is 5.82 Å². The summed E-state index contributed by atoms with van der Waals surface area (Å²) in [5.74, 6) is 0.390. The first-order valence-corrected chi connectivity index (χ1v) is 8.40. The van der Waals surface area contributed by atoms with E-state index in [-0.39, 0.29) is 5.69 Å². The van der Waals surface area contributed by atoms with Crippen LogP contribution >= 0.6 is 15.9 Å². The maximum absolute atomic E-state index is 14.0. The standard InChI is InChI=1S/C18H17BrFN5/c1-10-3-5-14(11(2)7-10)24-17-16(21)18(23-9-22-17)25-15-6-4-12(19)8-13(15)20/h3-9H,21H2,1-2H3,(H2,22,23,24,25). The van der Waals surface area contributed by atoms with Gasteiger partial charge in [0.05, 0.1) is 5.69 Å². The number of aromatic nitrogens is 2. The van der Waals surface area contributed by atoms with Crippen LogP contribution in [0.15, 0.2) is 47.2 Å². The van der Waals surface area contributed by atoms with Gasteiger partial charge >= 0.3 is 0 Å². The number of aryl methyl sites for hydroxylation is 2. The zero-order chi connectivity index (χ0) is 18.0. The lowest BCUT2D eigenvalue weighted by Gasteiger charge is -2.14. The molecule has 0 unspecified atom stereocenters. The van der Waals surface area contributed by atoms with Crippen molar-refractivity contribution in [3.63, 3.8) is 0 Å². The first-order valence-electron chi connectivity index (χ1n) is 7.61. The number of hydrogen-bond acceptors (Lipinski definition) is 5. The van der Waals surface area contributed by atoms with E-state index in [2.05, 4.69) is 42.6 Å². The highest BCUT2D eigenvalue weighted by Gasteiger charge is 2.11. The molecule has 0 spiro atoms. The van der Waals surface area contributed by atoms with E-state index in [4.69, 9.17) is 5.73 Å². The van der Waals surface area contributed by atoms with Crippen LogP contribution in [-0.4, -0.2) is 9.97 Å². The lowest BCUT2D eigenvalue weighted by Crippen LogP contribution is -2.06. The summed E-state index contributed by atoms with van der Waals surface area (Å²) >= 11 is 3.23. The summed E-state index contributed by atoms with van der Waals surface area (Å²) < 4.78 is 14.7. The third-order valence-corrected chi connectivity index (χ3v) is 4.20. The number of benzene rings is 2. The van der Waals surface area contributed by atoms with Gasteiger partial charge in [-0.3, -0.25) is 0 Å². The molecule has 25 heavy (non-hydrogen) atoms. The largest absolute Gasteiger partial charge is 0.393 e. The molecule has 0 saturated heterocycles. The number of nitrogen functional groups attached to an aromatic ring is 1. The molecule has 3 aromatic rings. The monoisotopic (exact) mass is 401 g/mol. The molecule has 1 heterocycles. The molecule has 0 fully saturated rings. The Bertz CT molecular complexity index is 858. The second-order valence-electron chi connectivity index (χ2n) is 5.68. The average molecular weight is 402 g/mol. The number of halogens is 2. The number of anilines is 5. The number of nitrogens with zero attached hydrogens (tertiary/aromatic N) is 2. The van der Waals surface area contributed by atoms with E-state index in [0.29, 0.717) is 21.8 Å². The number of rotatable bonds is 4. The van der Waals surface area contributed by atoms with E-state index in [9.17, 15) is 4.39 Å². The molecule has 7 heteroatoms. The molecule has 128 valence electrons. The summed E-state index contributed by atoms with van der Waals surface area (Å²) in [7, 11) is 0. The summed E-state index contributed by atoms with van der Waals surface area (Å²) in [6, 6.07) is 10.7. The highest BCUT2D eigenvalue weighted by Crippen LogP contribution is 2.30. The molecule has 0 radical (unpaired) electrons. The molecule has 0 aliphatic rings. The van der Waals surface area contributed by atoms with Crippen LogP contribution in [0.25, 0.3) is 0 Å². The van der Waals surface area contributed by atoms with Crippen LogP contribution in [0.1, 0.15) is 11.1 Å². The fourth-order valence-corrected chi connectivity index (χ4v) is 2.73. The fourth-order valence-electron chi connectivity index (χ4n) is 2.39. The smallest absolute Gasteiger partial charge is 0.159 e. The van der Waals surface area contributed by atoms with Crippen molar-refractivity contribution in [2.75, 3.05) is 16.4 Å². The van der Waals surface area contributed by atoms with Gasteiger partial charge in [-0.25, -0.2) is 14.4 Å². The Labute approximate surface area is 153 Å². The topological polar surface area (TPSA) is 75.9 Å². The van der Waals surface area contributed by atoms with Crippen molar-refractivity contribution >= 4 is 44.6 Å². The van der Waals surface area contributed by atoms with Crippen molar-refractivity contribution in [3.8, 4) is 0 Å². The minimum Gasteiger partial charge on any atom is -0.393 e. The molecule has 3 rings (SSSR count). The number of nitrogens with one attached hydrogen (secondary N) is 2. The Morgan fingerprint density at radius 3 is 2.24 bits per heavy atom. The molecule has 0 aliphatic heterocycles. The fraction of sp³-hybridized carbons (Fsp3) is 0.111. The van der Waals surface area contributed by atoms with Gasteiger partial charge in [-0.05, 0) is 43.7 Å². The van der Waals surface area contributed by atoms with Gasteiger partial charge in [0.1, 0.15) is 17.8 Å². The predicted octanol–water partition coefficient (Wildman–Crippen LogP) is 5.06. The number of nitrogens with two attached hydrogens (primary N) is 1. The van der Waals surface area contributed by atoms with E-state index in [1.165, 1.54) is 18.0 Å². The maximum atomic E-state index is 14.0. The van der Waals surface area contributed by atoms with Crippen LogP contribution in [0.3, 0.4) is 0 Å². The quantitative estimate of drug-likeness (QED) is 0.569. The normalized spacial score (nSPS) is 10.6. The molecular formula is C18H17BrFN5. The third-order valence-electron chi connectivity index (χ3n) is 3.70. The van der Waals surface area contributed by atoms with E-state index in [0.717, 1.165) is 11.3 Å². The molecule has 4 N–H and O–H groups in total. The second-order valence-corrected chi connectivity index (χ2v) is 6.59. The molecule has 0 saturated carbocycles. The van der Waals surface area contributed by atoms with Gasteiger partial charge in [0.2, 0.25) is 0 Å². The molecule has 2 aromatic carbocycles. The van der Waals surface area contributed by atoms with Crippen molar-refractivity contribution in [1.29, 1.82) is 0 Å². The van der Waals surface area contributed by atoms with Crippen molar-refractivity contribution in [3.05, 3.63) is 64.1 Å². The lowest BCUT2D eigenvalue weighted by molar-refractivity contribution is 0.631. The first-order chi connectivity index (χ1) is 11.9. The maximum Gasteiger partial charge on any atom is 0.159 e. The molecule has 0 aliphatic carbocycles. The predicted molar refractivity (Wildman–Crippen MR) is 103 cm³/mol. The van der Waals surface area contributed by atoms with Crippen molar-refractivity contribution in [1.82, 2.24) is 9.97 Å². The molecule has 5 nitrogen and oxygen atoms in total. The molecule has 0 amide bonds. The van der Waals surface area contributed by atoms with Gasteiger partial charge in [0.15, 0.2) is 11.6 Å². The van der Waals surface area contributed by atoms with Gasteiger partial charge in [-0.2, -0.15) is 0 Å². The SMILES string of the molecule is Cc1ccc(Nc2ncnc(Nc3ccc(Br)cc3F)c2N)c(C)c1. The summed E-state index contributed by atoms with van der Waals surface area (Å²) in [5, 5.41) is 6.11. The van der Waals surface area contributed by atoms with Crippen LogP contribution in [0.5, 0.6) is 0 Å². The van der Waals surface area contributed by atoms with Gasteiger partial charge in [-0.15, -0.1) is 0 Å². The highest BCUT2D eigenvalue weighted by molar-refractivity contribution is 9.10. The van der Waals surface area contributed by atoms with Crippen LogP contribution < -0.4 is 16.4 Å². The Hall–Kier alpha value is -2.67. The Morgan fingerprint density at radius 2 is 1.60 bits per heavy atom. The van der Waals surface area contributed by atoms with E-state index >= 15 is 0 Å². The Kier molecular flexibility index (Phi) is 4.85. The summed E-state index contributed by atoms with van der Waals surface area (Å²) in [5.41, 5.74) is 9.90. The van der Waals surface area contributed by atoms with Crippen LogP contribution in [0, 0.1) is 19.7 Å². The summed E-state index contributed by atoms with van der Waals surface area (Å²) in [6.45, 7) is 4.04. The average Bonchev–Trinajstić information content (AvgIpc) is 2.56. The Morgan fingerprint density at radius 1 is 0.960 bits per heavy atom. The molecule has 0 bridgehead atoms.